The van der Waals surface area contributed by atoms with Gasteiger partial charge in [-0.05, 0) is 39.7 Å². The summed E-state index contributed by atoms with van der Waals surface area (Å²) >= 11 is 0. The van der Waals surface area contributed by atoms with Gasteiger partial charge in [-0.15, -0.1) is 24.0 Å². The Hall–Kier alpha value is -0.0800. The highest BCUT2D eigenvalue weighted by Gasteiger charge is 2.22. The molecule has 0 aliphatic carbocycles. The largest absolute Gasteiger partial charge is 0.385 e. The van der Waals surface area contributed by atoms with E-state index in [0.29, 0.717) is 12.1 Å². The number of hydrogen-bond donors (Lipinski definition) is 2. The van der Waals surface area contributed by atoms with E-state index in [-0.39, 0.29) is 24.0 Å². The van der Waals surface area contributed by atoms with E-state index in [9.17, 15) is 0 Å². The van der Waals surface area contributed by atoms with Crippen molar-refractivity contribution < 1.29 is 4.74 Å². The maximum atomic E-state index is 5.04. The van der Waals surface area contributed by atoms with Crippen LogP contribution in [0.1, 0.15) is 39.5 Å². The highest BCUT2D eigenvalue weighted by molar-refractivity contribution is 14.0. The zero-order chi connectivity index (χ0) is 14.8. The van der Waals surface area contributed by atoms with Gasteiger partial charge in [0.15, 0.2) is 5.96 Å². The smallest absolute Gasteiger partial charge is 0.191 e. The van der Waals surface area contributed by atoms with Crippen molar-refractivity contribution >= 4 is 29.9 Å². The quantitative estimate of drug-likeness (QED) is 0.291. The summed E-state index contributed by atoms with van der Waals surface area (Å²) in [6.45, 7) is 8.48. The van der Waals surface area contributed by atoms with Gasteiger partial charge in [0.2, 0.25) is 0 Å². The maximum absolute atomic E-state index is 5.04. The van der Waals surface area contributed by atoms with Crippen LogP contribution in [0.4, 0.5) is 0 Å². The Morgan fingerprint density at radius 2 is 2.14 bits per heavy atom. The summed E-state index contributed by atoms with van der Waals surface area (Å²) in [7, 11) is 3.55. The number of halogens is 1. The summed E-state index contributed by atoms with van der Waals surface area (Å²) in [5.74, 6) is 0.887. The van der Waals surface area contributed by atoms with Crippen molar-refractivity contribution in [1.29, 1.82) is 0 Å². The molecule has 2 unspecified atom stereocenters. The molecule has 0 radical (unpaired) electrons. The minimum atomic E-state index is 0. The van der Waals surface area contributed by atoms with Crippen LogP contribution < -0.4 is 10.6 Å². The number of piperidine rings is 1. The van der Waals surface area contributed by atoms with Gasteiger partial charge in [0.25, 0.3) is 0 Å². The molecule has 0 amide bonds. The molecule has 1 fully saturated rings. The summed E-state index contributed by atoms with van der Waals surface area (Å²) in [4.78, 5) is 6.86. The summed E-state index contributed by atoms with van der Waals surface area (Å²) in [5.41, 5.74) is 0. The van der Waals surface area contributed by atoms with Crippen LogP contribution in [-0.2, 0) is 4.74 Å². The summed E-state index contributed by atoms with van der Waals surface area (Å²) < 4.78 is 5.04. The fraction of sp³-hybridized carbons (Fsp3) is 0.933. The van der Waals surface area contributed by atoms with Crippen LogP contribution >= 0.6 is 24.0 Å². The van der Waals surface area contributed by atoms with Crippen LogP contribution in [0, 0.1) is 0 Å². The molecule has 0 spiro atoms. The Balaban J connectivity index is 0.00000400. The van der Waals surface area contributed by atoms with Gasteiger partial charge in [-0.3, -0.25) is 9.89 Å². The lowest BCUT2D eigenvalue weighted by molar-refractivity contribution is 0.115. The SMILES string of the molecule is CN=C(NCCCOC)NCC(C)N1CCCCC1C.I. The number of likely N-dealkylation sites (tertiary alicyclic amines) is 1. The van der Waals surface area contributed by atoms with Gasteiger partial charge >= 0.3 is 0 Å². The fourth-order valence-electron chi connectivity index (χ4n) is 2.78. The van der Waals surface area contributed by atoms with Gasteiger partial charge in [0, 0.05) is 45.9 Å². The van der Waals surface area contributed by atoms with Crippen LogP contribution in [0.5, 0.6) is 0 Å². The minimum Gasteiger partial charge on any atom is -0.385 e. The molecule has 1 heterocycles. The second-order valence-corrected chi connectivity index (χ2v) is 5.66. The van der Waals surface area contributed by atoms with Gasteiger partial charge in [0.1, 0.15) is 0 Å². The first-order valence-corrected chi connectivity index (χ1v) is 7.88. The van der Waals surface area contributed by atoms with E-state index in [1.165, 1.54) is 25.8 Å². The lowest BCUT2D eigenvalue weighted by Gasteiger charge is -2.38. The molecular weight excluding hydrogens is 379 g/mol. The highest BCUT2D eigenvalue weighted by Crippen LogP contribution is 2.18. The van der Waals surface area contributed by atoms with Crippen LogP contribution in [0.25, 0.3) is 0 Å². The monoisotopic (exact) mass is 412 g/mol. The Labute approximate surface area is 147 Å². The molecule has 21 heavy (non-hydrogen) atoms. The molecule has 6 heteroatoms. The number of rotatable bonds is 7. The summed E-state index contributed by atoms with van der Waals surface area (Å²) in [5, 5.41) is 6.73. The van der Waals surface area contributed by atoms with Gasteiger partial charge in [0.05, 0.1) is 0 Å². The number of nitrogens with one attached hydrogen (secondary N) is 2. The molecule has 0 saturated carbocycles. The second kappa shape index (κ2) is 12.5. The van der Waals surface area contributed by atoms with Crippen molar-refractivity contribution in [2.75, 3.05) is 40.4 Å². The number of guanidine groups is 1. The molecule has 0 aromatic carbocycles. The zero-order valence-electron chi connectivity index (χ0n) is 14.0. The molecule has 0 aromatic heterocycles. The van der Waals surface area contributed by atoms with Crippen molar-refractivity contribution in [3.05, 3.63) is 0 Å². The van der Waals surface area contributed by atoms with E-state index >= 15 is 0 Å². The van der Waals surface area contributed by atoms with Gasteiger partial charge in [-0.1, -0.05) is 6.42 Å². The first-order valence-electron chi connectivity index (χ1n) is 7.88. The fourth-order valence-corrected chi connectivity index (χ4v) is 2.78. The Kier molecular flexibility index (Phi) is 12.4. The van der Waals surface area contributed by atoms with Crippen LogP contribution in [0.3, 0.4) is 0 Å². The number of methoxy groups -OCH3 is 1. The molecule has 0 aromatic rings. The molecule has 1 aliphatic heterocycles. The summed E-state index contributed by atoms with van der Waals surface area (Å²) in [6, 6.07) is 1.25. The van der Waals surface area contributed by atoms with Gasteiger partial charge in [-0.25, -0.2) is 0 Å². The van der Waals surface area contributed by atoms with E-state index in [1.807, 2.05) is 7.05 Å². The van der Waals surface area contributed by atoms with Crippen molar-refractivity contribution in [1.82, 2.24) is 15.5 Å². The van der Waals surface area contributed by atoms with Crippen molar-refractivity contribution in [3.63, 3.8) is 0 Å². The maximum Gasteiger partial charge on any atom is 0.191 e. The molecule has 1 saturated heterocycles. The standard InChI is InChI=1S/C15H32N4O.HI/c1-13-8-5-6-10-19(13)14(2)12-18-15(16-3)17-9-7-11-20-4;/h13-14H,5-12H2,1-4H3,(H2,16,17,18);1H. The third-order valence-corrected chi connectivity index (χ3v) is 4.03. The molecule has 2 atom stereocenters. The third kappa shape index (κ3) is 8.21. The van der Waals surface area contributed by atoms with Crippen LogP contribution in [0.15, 0.2) is 4.99 Å². The van der Waals surface area contributed by atoms with E-state index < -0.39 is 0 Å². The topological polar surface area (TPSA) is 48.9 Å². The van der Waals surface area contributed by atoms with Crippen molar-refractivity contribution in [2.24, 2.45) is 4.99 Å². The normalized spacial score (nSPS) is 21.5. The molecule has 2 N–H and O–H groups in total. The Morgan fingerprint density at radius 1 is 1.38 bits per heavy atom. The molecule has 0 bridgehead atoms. The van der Waals surface area contributed by atoms with E-state index in [1.54, 1.807) is 7.11 Å². The van der Waals surface area contributed by atoms with Crippen LogP contribution in [-0.4, -0.2) is 63.3 Å². The highest BCUT2D eigenvalue weighted by atomic mass is 127. The first kappa shape index (κ1) is 20.9. The summed E-state index contributed by atoms with van der Waals surface area (Å²) in [6.07, 6.45) is 5.03. The van der Waals surface area contributed by atoms with E-state index in [0.717, 1.165) is 32.1 Å². The average Bonchev–Trinajstić information content (AvgIpc) is 2.46. The molecule has 126 valence electrons. The van der Waals surface area contributed by atoms with Gasteiger partial charge in [-0.2, -0.15) is 0 Å². The zero-order valence-corrected chi connectivity index (χ0v) is 16.4. The molecule has 1 aliphatic rings. The number of nitrogens with zero attached hydrogens (tertiary/aromatic N) is 2. The predicted molar refractivity (Wildman–Crippen MR) is 101 cm³/mol. The average molecular weight is 412 g/mol. The number of ether oxygens (including phenoxy) is 1. The molecular formula is C15H33IN4O. The predicted octanol–water partition coefficient (Wildman–Crippen LogP) is 2.07. The molecule has 5 nitrogen and oxygen atoms in total. The molecule has 1 rings (SSSR count). The second-order valence-electron chi connectivity index (χ2n) is 5.66. The lowest BCUT2D eigenvalue weighted by Crippen LogP contribution is -2.50. The van der Waals surface area contributed by atoms with Crippen LogP contribution in [0.2, 0.25) is 0 Å². The lowest BCUT2D eigenvalue weighted by atomic mass is 10.0. The Morgan fingerprint density at radius 3 is 2.76 bits per heavy atom. The van der Waals surface area contributed by atoms with Gasteiger partial charge < -0.3 is 15.4 Å². The third-order valence-electron chi connectivity index (χ3n) is 4.03. The van der Waals surface area contributed by atoms with Crippen molar-refractivity contribution in [3.8, 4) is 0 Å². The minimum absolute atomic E-state index is 0. The first-order chi connectivity index (χ1) is 9.69. The number of hydrogen-bond acceptors (Lipinski definition) is 3. The Bertz CT molecular complexity index is 289. The van der Waals surface area contributed by atoms with Crippen molar-refractivity contribution in [2.45, 2.75) is 51.6 Å². The number of aliphatic imine (C=N–C) groups is 1. The van der Waals surface area contributed by atoms with E-state index in [2.05, 4.69) is 34.4 Å². The van der Waals surface area contributed by atoms with E-state index in [4.69, 9.17) is 4.74 Å².